The zero-order valence-corrected chi connectivity index (χ0v) is 22.5. The Bertz CT molecular complexity index is 2220. The van der Waals surface area contributed by atoms with E-state index in [-0.39, 0.29) is 0 Å². The average molecular weight is 522 g/mol. The lowest BCUT2D eigenvalue weighted by Crippen LogP contribution is -1.93. The molecule has 1 heteroatoms. The van der Waals surface area contributed by atoms with Gasteiger partial charge in [-0.3, -0.25) is 0 Å². The smallest absolute Gasteiger partial charge is 0.0463 e. The van der Waals surface area contributed by atoms with Gasteiger partial charge in [0.1, 0.15) is 0 Å². The van der Waals surface area contributed by atoms with Crippen molar-refractivity contribution in [3.63, 3.8) is 0 Å². The third kappa shape index (κ3) is 4.11. The first-order chi connectivity index (χ1) is 20.3. The highest BCUT2D eigenvalue weighted by Gasteiger charge is 2.11. The summed E-state index contributed by atoms with van der Waals surface area (Å²) in [6, 6.07) is 56.9. The lowest BCUT2D eigenvalue weighted by atomic mass is 9.92. The van der Waals surface area contributed by atoms with Crippen LogP contribution in [0.15, 0.2) is 158 Å². The van der Waals surface area contributed by atoms with Crippen molar-refractivity contribution in [2.75, 3.05) is 5.32 Å². The number of hydrogen-bond acceptors (Lipinski definition) is 1. The number of para-hydroxylation sites is 1. The van der Waals surface area contributed by atoms with E-state index in [2.05, 4.69) is 163 Å². The van der Waals surface area contributed by atoms with Crippen molar-refractivity contribution >= 4 is 54.5 Å². The summed E-state index contributed by atoms with van der Waals surface area (Å²) in [6.45, 7) is 0. The molecule has 0 atom stereocenters. The molecule has 8 aromatic carbocycles. The summed E-state index contributed by atoms with van der Waals surface area (Å²) in [5.74, 6) is 0. The highest BCUT2D eigenvalue weighted by Crippen LogP contribution is 2.37. The quantitative estimate of drug-likeness (QED) is 0.227. The van der Waals surface area contributed by atoms with Crippen LogP contribution in [0.25, 0.3) is 65.3 Å². The monoisotopic (exact) mass is 521 g/mol. The lowest BCUT2D eigenvalue weighted by molar-refractivity contribution is 1.54. The topological polar surface area (TPSA) is 12.0 Å². The van der Waals surface area contributed by atoms with Crippen molar-refractivity contribution in [2.45, 2.75) is 0 Å². The second-order valence-electron chi connectivity index (χ2n) is 10.7. The van der Waals surface area contributed by atoms with Gasteiger partial charge >= 0.3 is 0 Å². The van der Waals surface area contributed by atoms with Crippen LogP contribution in [0.3, 0.4) is 0 Å². The highest BCUT2D eigenvalue weighted by atomic mass is 14.9. The van der Waals surface area contributed by atoms with Crippen molar-refractivity contribution in [3.05, 3.63) is 158 Å². The highest BCUT2D eigenvalue weighted by molar-refractivity contribution is 6.14. The van der Waals surface area contributed by atoms with Crippen LogP contribution in [0.4, 0.5) is 11.4 Å². The van der Waals surface area contributed by atoms with Gasteiger partial charge in [-0.2, -0.15) is 0 Å². The van der Waals surface area contributed by atoms with Gasteiger partial charge in [-0.15, -0.1) is 0 Å². The third-order valence-corrected chi connectivity index (χ3v) is 8.23. The molecule has 0 aliphatic rings. The molecule has 0 aromatic heterocycles. The fourth-order valence-corrected chi connectivity index (χ4v) is 6.21. The first-order valence-corrected chi connectivity index (χ1v) is 14.1. The molecule has 0 amide bonds. The van der Waals surface area contributed by atoms with E-state index in [1.165, 1.54) is 65.3 Å². The van der Waals surface area contributed by atoms with E-state index in [1.807, 2.05) is 0 Å². The molecule has 192 valence electrons. The molecule has 8 rings (SSSR count). The minimum absolute atomic E-state index is 1.08. The fourth-order valence-electron chi connectivity index (χ4n) is 6.21. The first-order valence-electron chi connectivity index (χ1n) is 14.1. The zero-order chi connectivity index (χ0) is 27.2. The Hall–Kier alpha value is -5.40. The Balaban J connectivity index is 1.16. The van der Waals surface area contributed by atoms with E-state index in [0.29, 0.717) is 0 Å². The van der Waals surface area contributed by atoms with Crippen molar-refractivity contribution in [1.82, 2.24) is 0 Å². The van der Waals surface area contributed by atoms with Crippen LogP contribution in [0.2, 0.25) is 0 Å². The van der Waals surface area contributed by atoms with Crippen LogP contribution in [0.1, 0.15) is 0 Å². The summed E-state index contributed by atoms with van der Waals surface area (Å²) in [5, 5.41) is 13.9. The molecular formula is C40H27N. The Morgan fingerprint density at radius 3 is 1.66 bits per heavy atom. The van der Waals surface area contributed by atoms with Gasteiger partial charge in [0.15, 0.2) is 0 Å². The normalized spacial score (nSPS) is 11.4. The molecule has 0 bridgehead atoms. The van der Waals surface area contributed by atoms with E-state index in [9.17, 15) is 0 Å². The van der Waals surface area contributed by atoms with Crippen LogP contribution in [-0.2, 0) is 0 Å². The van der Waals surface area contributed by atoms with Gasteiger partial charge in [0, 0.05) is 16.9 Å². The fraction of sp³-hybridized carbons (Fsp3) is 0. The first kappa shape index (κ1) is 23.5. The summed E-state index contributed by atoms with van der Waals surface area (Å²) in [5.41, 5.74) is 7.04. The van der Waals surface area contributed by atoms with Gasteiger partial charge in [-0.25, -0.2) is 0 Å². The molecule has 0 saturated carbocycles. The summed E-state index contributed by atoms with van der Waals surface area (Å²) >= 11 is 0. The molecule has 41 heavy (non-hydrogen) atoms. The summed E-state index contributed by atoms with van der Waals surface area (Å²) in [4.78, 5) is 0. The van der Waals surface area contributed by atoms with Crippen molar-refractivity contribution in [1.29, 1.82) is 0 Å². The van der Waals surface area contributed by atoms with Gasteiger partial charge in [0.2, 0.25) is 0 Å². The molecule has 0 saturated heterocycles. The molecule has 1 N–H and O–H groups in total. The van der Waals surface area contributed by atoms with Crippen LogP contribution < -0.4 is 5.32 Å². The van der Waals surface area contributed by atoms with Crippen LogP contribution in [0.5, 0.6) is 0 Å². The van der Waals surface area contributed by atoms with E-state index < -0.39 is 0 Å². The molecule has 0 unspecified atom stereocenters. The molecule has 0 aliphatic carbocycles. The predicted octanol–water partition coefficient (Wildman–Crippen LogP) is 11.4. The summed E-state index contributed by atoms with van der Waals surface area (Å²) < 4.78 is 0. The van der Waals surface area contributed by atoms with E-state index in [4.69, 9.17) is 0 Å². The Labute approximate surface area is 239 Å². The van der Waals surface area contributed by atoms with Gasteiger partial charge in [0.25, 0.3) is 0 Å². The number of benzene rings is 8. The molecule has 8 aromatic rings. The van der Waals surface area contributed by atoms with E-state index >= 15 is 0 Å². The van der Waals surface area contributed by atoms with Gasteiger partial charge < -0.3 is 5.32 Å². The maximum Gasteiger partial charge on any atom is 0.0463 e. The third-order valence-electron chi connectivity index (χ3n) is 8.23. The molecule has 0 fully saturated rings. The van der Waals surface area contributed by atoms with Gasteiger partial charge in [0.05, 0.1) is 0 Å². The number of nitrogens with one attached hydrogen (secondary N) is 1. The van der Waals surface area contributed by atoms with E-state index in [1.54, 1.807) is 0 Å². The van der Waals surface area contributed by atoms with Crippen LogP contribution in [-0.4, -0.2) is 0 Å². The number of rotatable bonds is 4. The van der Waals surface area contributed by atoms with Crippen molar-refractivity contribution in [3.8, 4) is 22.3 Å². The second-order valence-corrected chi connectivity index (χ2v) is 10.7. The SMILES string of the molecule is c1ccc(-c2ccc(-c3cc4ccccc4c4ccccc34)cc2)c(Nc2ccc3c(ccc4ccccc43)c2)c1. The van der Waals surface area contributed by atoms with Crippen molar-refractivity contribution in [2.24, 2.45) is 0 Å². The summed E-state index contributed by atoms with van der Waals surface area (Å²) in [6.07, 6.45) is 0. The largest absolute Gasteiger partial charge is 0.355 e. The maximum absolute atomic E-state index is 3.70. The molecule has 0 spiro atoms. The minimum atomic E-state index is 1.08. The van der Waals surface area contributed by atoms with Gasteiger partial charge in [-0.05, 0) is 84.0 Å². The maximum atomic E-state index is 3.70. The second kappa shape index (κ2) is 9.66. The predicted molar refractivity (Wildman–Crippen MR) is 177 cm³/mol. The van der Waals surface area contributed by atoms with E-state index in [0.717, 1.165) is 11.4 Å². The van der Waals surface area contributed by atoms with Crippen LogP contribution in [0, 0.1) is 0 Å². The van der Waals surface area contributed by atoms with Crippen molar-refractivity contribution < 1.29 is 0 Å². The molecular weight excluding hydrogens is 494 g/mol. The Morgan fingerprint density at radius 2 is 0.854 bits per heavy atom. The molecule has 0 radical (unpaired) electrons. The zero-order valence-electron chi connectivity index (χ0n) is 22.5. The molecule has 0 aliphatic heterocycles. The summed E-state index contributed by atoms with van der Waals surface area (Å²) in [7, 11) is 0. The average Bonchev–Trinajstić information content (AvgIpc) is 3.04. The van der Waals surface area contributed by atoms with Crippen LogP contribution >= 0.6 is 0 Å². The number of anilines is 2. The number of hydrogen-bond donors (Lipinski definition) is 1. The minimum Gasteiger partial charge on any atom is -0.355 e. The number of fused-ring (bicyclic) bond motifs is 6. The Morgan fingerprint density at radius 1 is 0.317 bits per heavy atom. The lowest BCUT2D eigenvalue weighted by Gasteiger charge is -2.15. The molecule has 1 nitrogen and oxygen atoms in total. The standard InChI is InChI=1S/C40H27N/c1-3-11-33-27(9-1)21-22-31-25-32(23-24-35(31)33)41-40-16-8-7-13-36(40)28-17-19-29(20-18-28)39-26-30-10-2-4-12-34(30)37-14-5-6-15-38(37)39/h1-26,41H. The Kier molecular flexibility index (Phi) is 5.53. The van der Waals surface area contributed by atoms with Gasteiger partial charge in [-0.1, -0.05) is 133 Å². The molecule has 0 heterocycles.